The number of hydrogen-bond acceptors (Lipinski definition) is 5. The molecule has 7 heteroatoms. The Morgan fingerprint density at radius 3 is 2.69 bits per heavy atom. The Morgan fingerprint density at radius 2 is 2.00 bits per heavy atom. The van der Waals surface area contributed by atoms with Crippen molar-refractivity contribution in [3.63, 3.8) is 0 Å². The van der Waals surface area contributed by atoms with Gasteiger partial charge in [0, 0.05) is 30.6 Å². The molecule has 0 radical (unpaired) electrons. The number of amides is 1. The lowest BCUT2D eigenvalue weighted by molar-refractivity contribution is -0.128. The predicted molar refractivity (Wildman–Crippen MR) is 124 cm³/mol. The lowest BCUT2D eigenvalue weighted by Gasteiger charge is -2.20. The molecule has 0 unspecified atom stereocenters. The molecule has 7 nitrogen and oxygen atoms in total. The average Bonchev–Trinajstić information content (AvgIpc) is 2.78. The van der Waals surface area contributed by atoms with Gasteiger partial charge in [-0.05, 0) is 42.3 Å². The standard InChI is InChI=1S/C24H24N2O3.CH2O2/c1-15-10-20(18-13-17-6-5-7-22(28-4)24(17)29-14-18)25-21-11-16(8-9-19(15)21)12-23(27)26(2)3;2-1-3/h5-11,13H,12,14H2,1-4H3;1H,(H,2,3). The number of pyridine rings is 1. The van der Waals surface area contributed by atoms with Crippen molar-refractivity contribution in [2.24, 2.45) is 0 Å². The topological polar surface area (TPSA) is 89.0 Å². The van der Waals surface area contributed by atoms with Gasteiger partial charge in [-0.1, -0.05) is 24.3 Å². The number of fused-ring (bicyclic) bond motifs is 2. The number of para-hydroxylation sites is 1. The Bertz CT molecular complexity index is 1180. The van der Waals surface area contributed by atoms with Crippen molar-refractivity contribution >= 4 is 34.9 Å². The highest BCUT2D eigenvalue weighted by Crippen LogP contribution is 2.37. The fraction of sp³-hybridized carbons (Fsp3) is 0.240. The number of hydrogen-bond donors (Lipinski definition) is 1. The molecule has 2 heterocycles. The summed E-state index contributed by atoms with van der Waals surface area (Å²) in [6.07, 6.45) is 2.47. The summed E-state index contributed by atoms with van der Waals surface area (Å²) < 4.78 is 11.4. The molecule has 0 aliphatic carbocycles. The van der Waals surface area contributed by atoms with Crippen molar-refractivity contribution in [3.8, 4) is 11.5 Å². The van der Waals surface area contributed by atoms with Crippen LogP contribution in [0.3, 0.4) is 0 Å². The Balaban J connectivity index is 0.000000913. The molecule has 32 heavy (non-hydrogen) atoms. The van der Waals surface area contributed by atoms with Gasteiger partial charge in [0.2, 0.25) is 5.91 Å². The third kappa shape index (κ3) is 4.88. The minimum atomic E-state index is -0.250. The van der Waals surface area contributed by atoms with Gasteiger partial charge < -0.3 is 19.5 Å². The lowest BCUT2D eigenvalue weighted by atomic mass is 10.00. The highest BCUT2D eigenvalue weighted by atomic mass is 16.5. The van der Waals surface area contributed by atoms with Crippen LogP contribution in [0.4, 0.5) is 0 Å². The zero-order valence-electron chi connectivity index (χ0n) is 18.6. The smallest absolute Gasteiger partial charge is 0.290 e. The van der Waals surface area contributed by atoms with Crippen LogP contribution in [-0.4, -0.2) is 55.2 Å². The summed E-state index contributed by atoms with van der Waals surface area (Å²) in [7, 11) is 5.18. The zero-order chi connectivity index (χ0) is 23.3. The highest BCUT2D eigenvalue weighted by molar-refractivity contribution is 5.90. The fourth-order valence-electron chi connectivity index (χ4n) is 3.54. The largest absolute Gasteiger partial charge is 0.493 e. The van der Waals surface area contributed by atoms with E-state index < -0.39 is 0 Å². The van der Waals surface area contributed by atoms with Crippen molar-refractivity contribution in [1.82, 2.24) is 9.88 Å². The van der Waals surface area contributed by atoms with Crippen molar-refractivity contribution in [2.75, 3.05) is 27.8 Å². The van der Waals surface area contributed by atoms with E-state index in [-0.39, 0.29) is 12.4 Å². The summed E-state index contributed by atoms with van der Waals surface area (Å²) >= 11 is 0. The molecular weight excluding hydrogens is 408 g/mol. The third-order valence-corrected chi connectivity index (χ3v) is 5.20. The number of aryl methyl sites for hydroxylation is 1. The summed E-state index contributed by atoms with van der Waals surface area (Å²) in [5, 5.41) is 7.98. The summed E-state index contributed by atoms with van der Waals surface area (Å²) in [6.45, 7) is 2.27. The van der Waals surface area contributed by atoms with E-state index in [0.717, 1.165) is 50.4 Å². The molecule has 0 saturated heterocycles. The first-order chi connectivity index (χ1) is 15.4. The molecule has 166 valence electrons. The van der Waals surface area contributed by atoms with Crippen molar-refractivity contribution in [3.05, 3.63) is 64.8 Å². The molecule has 1 aliphatic rings. The highest BCUT2D eigenvalue weighted by Gasteiger charge is 2.18. The number of benzene rings is 2. The summed E-state index contributed by atoms with van der Waals surface area (Å²) in [5.74, 6) is 1.57. The first-order valence-corrected chi connectivity index (χ1v) is 10.1. The second-order valence-corrected chi connectivity index (χ2v) is 7.58. The molecule has 1 aliphatic heterocycles. The predicted octanol–water partition coefficient (Wildman–Crippen LogP) is 3.82. The van der Waals surface area contributed by atoms with E-state index in [0.29, 0.717) is 13.0 Å². The zero-order valence-corrected chi connectivity index (χ0v) is 18.6. The van der Waals surface area contributed by atoms with Gasteiger partial charge in [0.05, 0.1) is 24.7 Å². The minimum absolute atomic E-state index is 0.0752. The van der Waals surface area contributed by atoms with Crippen LogP contribution in [0.25, 0.3) is 22.6 Å². The van der Waals surface area contributed by atoms with Gasteiger partial charge in [-0.25, -0.2) is 4.98 Å². The van der Waals surface area contributed by atoms with Crippen LogP contribution in [0, 0.1) is 6.92 Å². The maximum absolute atomic E-state index is 12.1. The number of nitrogens with zero attached hydrogens (tertiary/aromatic N) is 2. The van der Waals surface area contributed by atoms with E-state index in [1.54, 1.807) is 26.1 Å². The van der Waals surface area contributed by atoms with Gasteiger partial charge in [-0.2, -0.15) is 0 Å². The quantitative estimate of drug-likeness (QED) is 0.628. The van der Waals surface area contributed by atoms with Crippen molar-refractivity contribution < 1.29 is 24.2 Å². The van der Waals surface area contributed by atoms with Crippen LogP contribution in [-0.2, 0) is 16.0 Å². The molecule has 0 saturated carbocycles. The van der Waals surface area contributed by atoms with E-state index >= 15 is 0 Å². The van der Waals surface area contributed by atoms with E-state index in [4.69, 9.17) is 24.4 Å². The molecule has 1 amide bonds. The van der Waals surface area contributed by atoms with Crippen LogP contribution < -0.4 is 9.47 Å². The van der Waals surface area contributed by atoms with Crippen LogP contribution in [0.1, 0.15) is 22.4 Å². The maximum atomic E-state index is 12.1. The number of methoxy groups -OCH3 is 1. The minimum Gasteiger partial charge on any atom is -0.493 e. The first-order valence-electron chi connectivity index (χ1n) is 10.1. The number of ether oxygens (including phenoxy) is 2. The Kier molecular flexibility index (Phi) is 7.10. The van der Waals surface area contributed by atoms with Crippen LogP contribution >= 0.6 is 0 Å². The Labute approximate surface area is 186 Å². The van der Waals surface area contributed by atoms with Crippen LogP contribution in [0.2, 0.25) is 0 Å². The van der Waals surface area contributed by atoms with E-state index in [2.05, 4.69) is 19.1 Å². The van der Waals surface area contributed by atoms with Gasteiger partial charge in [-0.3, -0.25) is 9.59 Å². The van der Waals surface area contributed by atoms with E-state index in [9.17, 15) is 4.79 Å². The molecule has 1 N–H and O–H groups in total. The number of likely N-dealkylation sites (N-methyl/N-ethyl adjacent to an activating group) is 1. The number of carbonyl (C=O) groups excluding carboxylic acids is 1. The third-order valence-electron chi connectivity index (χ3n) is 5.20. The average molecular weight is 434 g/mol. The molecule has 0 atom stereocenters. The molecule has 0 fully saturated rings. The second-order valence-electron chi connectivity index (χ2n) is 7.58. The lowest BCUT2D eigenvalue weighted by Crippen LogP contribution is -2.23. The van der Waals surface area contributed by atoms with Gasteiger partial charge in [0.15, 0.2) is 11.5 Å². The monoisotopic (exact) mass is 434 g/mol. The van der Waals surface area contributed by atoms with Crippen molar-refractivity contribution in [2.45, 2.75) is 13.3 Å². The summed E-state index contributed by atoms with van der Waals surface area (Å²) in [6, 6.07) is 14.0. The number of carbonyl (C=O) groups is 2. The molecule has 3 aromatic rings. The van der Waals surface area contributed by atoms with Gasteiger partial charge in [-0.15, -0.1) is 0 Å². The number of carboxylic acid groups (broad SMARTS) is 1. The number of aromatic nitrogens is 1. The normalized spacial score (nSPS) is 11.9. The fourth-order valence-corrected chi connectivity index (χ4v) is 3.54. The molecule has 0 bridgehead atoms. The first kappa shape index (κ1) is 22.8. The van der Waals surface area contributed by atoms with Gasteiger partial charge >= 0.3 is 0 Å². The van der Waals surface area contributed by atoms with Crippen molar-refractivity contribution in [1.29, 1.82) is 0 Å². The SMILES string of the molecule is COc1cccc2c1OCC(c1cc(C)c3ccc(CC(=O)N(C)C)cc3n1)=C2.O=CO. The Hall–Kier alpha value is -3.87. The van der Waals surface area contributed by atoms with Gasteiger partial charge in [0.25, 0.3) is 6.47 Å². The molecule has 2 aromatic carbocycles. The summed E-state index contributed by atoms with van der Waals surface area (Å²) in [4.78, 5) is 26.9. The van der Waals surface area contributed by atoms with Crippen LogP contribution in [0.5, 0.6) is 11.5 Å². The maximum Gasteiger partial charge on any atom is 0.290 e. The molecular formula is C25H26N2O5. The van der Waals surface area contributed by atoms with E-state index in [1.807, 2.05) is 36.4 Å². The van der Waals surface area contributed by atoms with Gasteiger partial charge in [0.1, 0.15) is 6.61 Å². The summed E-state index contributed by atoms with van der Waals surface area (Å²) in [5.41, 5.74) is 5.89. The number of rotatable bonds is 4. The Morgan fingerprint density at radius 1 is 1.25 bits per heavy atom. The van der Waals surface area contributed by atoms with Crippen LogP contribution in [0.15, 0.2) is 42.5 Å². The molecule has 0 spiro atoms. The molecule has 4 rings (SSSR count). The second kappa shape index (κ2) is 9.96. The molecule has 1 aromatic heterocycles. The van der Waals surface area contributed by atoms with E-state index in [1.165, 1.54) is 0 Å².